The molecule has 0 heterocycles. The second-order valence-corrected chi connectivity index (χ2v) is 8.68. The lowest BCUT2D eigenvalue weighted by Gasteiger charge is -2.15. The molecule has 6 nitrogen and oxygen atoms in total. The highest BCUT2D eigenvalue weighted by molar-refractivity contribution is 7.90. The van der Waals surface area contributed by atoms with Gasteiger partial charge in [-0.05, 0) is 43.3 Å². The Bertz CT molecular complexity index is 901. The van der Waals surface area contributed by atoms with Crippen LogP contribution in [0.5, 0.6) is 17.2 Å². The molecule has 0 bridgehead atoms. The molecule has 0 fully saturated rings. The SMILES string of the molecule is CC(C)C(=O)c1cc(Oc2ccc(S(C)(=O)=O)cc2)cc(O[C@@H](C)CO)c1. The summed E-state index contributed by atoms with van der Waals surface area (Å²) in [7, 11) is -3.29. The average Bonchev–Trinajstić information content (AvgIpc) is 2.60. The van der Waals surface area contributed by atoms with E-state index in [0.717, 1.165) is 6.26 Å². The van der Waals surface area contributed by atoms with E-state index in [4.69, 9.17) is 9.47 Å². The maximum absolute atomic E-state index is 12.4. The highest BCUT2D eigenvalue weighted by Gasteiger charge is 2.15. The molecule has 0 spiro atoms. The van der Waals surface area contributed by atoms with Crippen molar-refractivity contribution in [2.45, 2.75) is 31.8 Å². The molecule has 0 unspecified atom stereocenters. The van der Waals surface area contributed by atoms with Crippen molar-refractivity contribution in [3.63, 3.8) is 0 Å². The van der Waals surface area contributed by atoms with Crippen molar-refractivity contribution in [2.75, 3.05) is 12.9 Å². The largest absolute Gasteiger partial charge is 0.488 e. The molecule has 0 saturated heterocycles. The maximum Gasteiger partial charge on any atom is 0.175 e. The number of hydrogen-bond donors (Lipinski definition) is 1. The van der Waals surface area contributed by atoms with E-state index < -0.39 is 15.9 Å². The number of carbonyl (C=O) groups excluding carboxylic acids is 1. The van der Waals surface area contributed by atoms with Gasteiger partial charge in [-0.2, -0.15) is 0 Å². The third-order valence-electron chi connectivity index (χ3n) is 3.77. The van der Waals surface area contributed by atoms with Gasteiger partial charge >= 0.3 is 0 Å². The highest BCUT2D eigenvalue weighted by Crippen LogP contribution is 2.29. The molecule has 27 heavy (non-hydrogen) atoms. The zero-order chi connectivity index (χ0) is 20.2. The molecule has 0 radical (unpaired) electrons. The number of sulfone groups is 1. The van der Waals surface area contributed by atoms with Crippen molar-refractivity contribution >= 4 is 15.6 Å². The summed E-state index contributed by atoms with van der Waals surface area (Å²) in [5, 5.41) is 9.19. The Morgan fingerprint density at radius 1 is 1.00 bits per heavy atom. The number of aliphatic hydroxyl groups is 1. The van der Waals surface area contributed by atoms with Crippen LogP contribution in [0.15, 0.2) is 47.4 Å². The molecule has 0 aliphatic carbocycles. The second-order valence-electron chi connectivity index (χ2n) is 6.67. The van der Waals surface area contributed by atoms with Gasteiger partial charge in [0.05, 0.1) is 11.5 Å². The fourth-order valence-corrected chi connectivity index (χ4v) is 2.97. The predicted octanol–water partition coefficient (Wildman–Crippen LogP) is 3.48. The number of carbonyl (C=O) groups is 1. The Labute approximate surface area is 159 Å². The highest BCUT2D eigenvalue weighted by atomic mass is 32.2. The standard InChI is InChI=1S/C20H24O6S/c1-13(2)20(22)15-9-17(25-14(3)12-21)11-18(10-15)26-16-5-7-19(8-6-16)27(4,23)24/h5-11,13-14,21H,12H2,1-4H3/t14-/m0/s1. The van der Waals surface area contributed by atoms with Gasteiger partial charge < -0.3 is 14.6 Å². The minimum atomic E-state index is -3.29. The molecule has 1 atom stereocenters. The maximum atomic E-state index is 12.4. The van der Waals surface area contributed by atoms with E-state index in [9.17, 15) is 18.3 Å². The first-order chi connectivity index (χ1) is 12.6. The molecular weight excluding hydrogens is 368 g/mol. The Balaban J connectivity index is 2.35. The summed E-state index contributed by atoms with van der Waals surface area (Å²) in [6, 6.07) is 10.9. The zero-order valence-electron chi connectivity index (χ0n) is 15.8. The zero-order valence-corrected chi connectivity index (χ0v) is 16.6. The van der Waals surface area contributed by atoms with E-state index in [1.807, 2.05) is 0 Å². The summed E-state index contributed by atoms with van der Waals surface area (Å²) in [5.41, 5.74) is 0.440. The number of aliphatic hydroxyl groups excluding tert-OH is 1. The number of hydrogen-bond acceptors (Lipinski definition) is 6. The Morgan fingerprint density at radius 2 is 1.59 bits per heavy atom. The van der Waals surface area contributed by atoms with Gasteiger partial charge in [-0.1, -0.05) is 13.8 Å². The van der Waals surface area contributed by atoms with Crippen molar-refractivity contribution in [1.29, 1.82) is 0 Å². The molecule has 0 aliphatic heterocycles. The molecule has 0 aromatic heterocycles. The van der Waals surface area contributed by atoms with Crippen molar-refractivity contribution in [1.82, 2.24) is 0 Å². The van der Waals surface area contributed by atoms with Crippen molar-refractivity contribution in [3.8, 4) is 17.2 Å². The number of rotatable bonds is 8. The molecule has 1 N–H and O–H groups in total. The van der Waals surface area contributed by atoms with Crippen LogP contribution in [0.25, 0.3) is 0 Å². The number of Topliss-reactive ketones (excluding diaryl/α,β-unsaturated/α-hetero) is 1. The summed E-state index contributed by atoms with van der Waals surface area (Å²) >= 11 is 0. The minimum absolute atomic E-state index is 0.0608. The van der Waals surface area contributed by atoms with E-state index in [-0.39, 0.29) is 23.2 Å². The quantitative estimate of drug-likeness (QED) is 0.692. The molecule has 146 valence electrons. The van der Waals surface area contributed by atoms with Crippen LogP contribution in [0, 0.1) is 5.92 Å². The summed E-state index contributed by atoms with van der Waals surface area (Å²) in [5.74, 6) is 0.962. The normalized spacial score (nSPS) is 12.7. The molecule has 2 rings (SSSR count). The van der Waals surface area contributed by atoms with Gasteiger partial charge in [-0.3, -0.25) is 4.79 Å². The smallest absolute Gasteiger partial charge is 0.175 e. The lowest BCUT2D eigenvalue weighted by atomic mass is 10.0. The Kier molecular flexibility index (Phi) is 6.62. The second kappa shape index (κ2) is 8.54. The van der Waals surface area contributed by atoms with Gasteiger partial charge in [0.1, 0.15) is 23.4 Å². The van der Waals surface area contributed by atoms with Crippen LogP contribution in [-0.4, -0.2) is 38.3 Å². The van der Waals surface area contributed by atoms with Gasteiger partial charge in [0, 0.05) is 23.8 Å². The van der Waals surface area contributed by atoms with Gasteiger partial charge in [-0.15, -0.1) is 0 Å². The van der Waals surface area contributed by atoms with Crippen LogP contribution in [-0.2, 0) is 9.84 Å². The Hall–Kier alpha value is -2.38. The summed E-state index contributed by atoms with van der Waals surface area (Å²) in [4.78, 5) is 12.6. The van der Waals surface area contributed by atoms with Crippen LogP contribution < -0.4 is 9.47 Å². The van der Waals surface area contributed by atoms with Crippen LogP contribution in [0.2, 0.25) is 0 Å². The van der Waals surface area contributed by atoms with Gasteiger partial charge in [0.25, 0.3) is 0 Å². The first-order valence-corrected chi connectivity index (χ1v) is 10.4. The molecule has 0 amide bonds. The van der Waals surface area contributed by atoms with Crippen molar-refractivity contribution in [3.05, 3.63) is 48.0 Å². The van der Waals surface area contributed by atoms with Gasteiger partial charge in [0.15, 0.2) is 15.6 Å². The van der Waals surface area contributed by atoms with Crippen LogP contribution in [0.1, 0.15) is 31.1 Å². The van der Waals surface area contributed by atoms with Crippen LogP contribution >= 0.6 is 0 Å². The first kappa shape index (κ1) is 20.9. The molecule has 0 saturated carbocycles. The third kappa shape index (κ3) is 5.80. The summed E-state index contributed by atoms with van der Waals surface area (Å²) in [6.07, 6.45) is 0.701. The first-order valence-electron chi connectivity index (χ1n) is 8.55. The fraction of sp³-hybridized carbons (Fsp3) is 0.350. The van der Waals surface area contributed by atoms with E-state index in [1.54, 1.807) is 51.1 Å². The molecule has 2 aromatic rings. The van der Waals surface area contributed by atoms with E-state index in [2.05, 4.69) is 0 Å². The van der Waals surface area contributed by atoms with E-state index in [1.165, 1.54) is 12.1 Å². The fourth-order valence-electron chi connectivity index (χ4n) is 2.33. The Morgan fingerprint density at radius 3 is 2.11 bits per heavy atom. The van der Waals surface area contributed by atoms with Crippen molar-refractivity contribution in [2.24, 2.45) is 5.92 Å². The summed E-state index contributed by atoms with van der Waals surface area (Å²) in [6.45, 7) is 5.15. The van der Waals surface area contributed by atoms with Crippen LogP contribution in [0.3, 0.4) is 0 Å². The lowest BCUT2D eigenvalue weighted by Crippen LogP contribution is -2.16. The van der Waals surface area contributed by atoms with E-state index in [0.29, 0.717) is 22.8 Å². The lowest BCUT2D eigenvalue weighted by molar-refractivity contribution is 0.0937. The van der Waals surface area contributed by atoms with E-state index >= 15 is 0 Å². The third-order valence-corrected chi connectivity index (χ3v) is 4.90. The number of ether oxygens (including phenoxy) is 2. The molecule has 7 heteroatoms. The predicted molar refractivity (Wildman–Crippen MR) is 102 cm³/mol. The number of benzene rings is 2. The molecule has 2 aromatic carbocycles. The van der Waals surface area contributed by atoms with Gasteiger partial charge in [0.2, 0.25) is 0 Å². The number of ketones is 1. The van der Waals surface area contributed by atoms with Crippen LogP contribution in [0.4, 0.5) is 0 Å². The molecule has 0 aliphatic rings. The van der Waals surface area contributed by atoms with Crippen molar-refractivity contribution < 1.29 is 27.8 Å². The average molecular weight is 392 g/mol. The topological polar surface area (TPSA) is 89.9 Å². The summed E-state index contributed by atoms with van der Waals surface area (Å²) < 4.78 is 34.5. The monoisotopic (exact) mass is 392 g/mol. The minimum Gasteiger partial charge on any atom is -0.488 e. The van der Waals surface area contributed by atoms with Gasteiger partial charge in [-0.25, -0.2) is 8.42 Å². The molecular formula is C20H24O6S.